The van der Waals surface area contributed by atoms with Gasteiger partial charge in [0.2, 0.25) is 0 Å². The molecular formula is C32H48N6O4. The highest BCUT2D eigenvalue weighted by Crippen LogP contribution is 2.27. The van der Waals surface area contributed by atoms with Gasteiger partial charge in [0.25, 0.3) is 11.4 Å². The molecule has 0 bridgehead atoms. The summed E-state index contributed by atoms with van der Waals surface area (Å²) in [5, 5.41) is 30.0. The summed E-state index contributed by atoms with van der Waals surface area (Å²) in [6.45, 7) is 7.62. The number of nitro groups is 2. The maximum absolute atomic E-state index is 11.4. The van der Waals surface area contributed by atoms with Crippen LogP contribution in [-0.2, 0) is 12.8 Å². The number of benzene rings is 2. The number of hydrogen-bond donors (Lipinski definition) is 2. The second-order valence-corrected chi connectivity index (χ2v) is 11.8. The molecule has 2 aliphatic heterocycles. The fraction of sp³-hybridized carbons (Fsp3) is 0.625. The molecule has 230 valence electrons. The van der Waals surface area contributed by atoms with Gasteiger partial charge in [0, 0.05) is 75.6 Å². The summed E-state index contributed by atoms with van der Waals surface area (Å²) in [6.07, 6.45) is 11.7. The minimum atomic E-state index is -0.317. The van der Waals surface area contributed by atoms with Crippen molar-refractivity contribution in [3.05, 3.63) is 79.9 Å². The minimum absolute atomic E-state index is 0.140. The molecule has 10 heteroatoms. The largest absolute Gasteiger partial charge is 0.314 e. The number of nitro benzene ring substituents is 2. The zero-order valence-electron chi connectivity index (χ0n) is 25.1. The van der Waals surface area contributed by atoms with Gasteiger partial charge in [-0.3, -0.25) is 30.0 Å². The molecule has 2 fully saturated rings. The van der Waals surface area contributed by atoms with Crippen LogP contribution in [0.1, 0.15) is 69.4 Å². The first-order chi connectivity index (χ1) is 20.5. The Morgan fingerprint density at radius 2 is 1.24 bits per heavy atom. The number of non-ortho nitro benzene ring substituents is 2. The van der Waals surface area contributed by atoms with Gasteiger partial charge < -0.3 is 10.6 Å². The topological polar surface area (TPSA) is 117 Å². The number of nitrogens with zero attached hydrogens (tertiary/aromatic N) is 4. The zero-order chi connectivity index (χ0) is 29.7. The highest BCUT2D eigenvalue weighted by molar-refractivity contribution is 5.35. The number of nitrogens with one attached hydrogen (secondary N) is 2. The van der Waals surface area contributed by atoms with Crippen LogP contribution in [0.25, 0.3) is 0 Å². The Balaban J connectivity index is 1.54. The summed E-state index contributed by atoms with van der Waals surface area (Å²) >= 11 is 0. The van der Waals surface area contributed by atoms with E-state index in [-0.39, 0.29) is 39.5 Å². The summed E-state index contributed by atoms with van der Waals surface area (Å²) in [6, 6.07) is 14.6. The van der Waals surface area contributed by atoms with E-state index in [1.165, 1.54) is 38.5 Å². The molecule has 10 nitrogen and oxygen atoms in total. The van der Waals surface area contributed by atoms with Crippen molar-refractivity contribution in [1.29, 1.82) is 0 Å². The zero-order valence-corrected chi connectivity index (χ0v) is 25.1. The average Bonchev–Trinajstić information content (AvgIpc) is 3.00. The molecule has 0 amide bonds. The summed E-state index contributed by atoms with van der Waals surface area (Å²) in [5.74, 6) is 0. The normalized spacial score (nSPS) is 20.8. The van der Waals surface area contributed by atoms with Gasteiger partial charge in [0.15, 0.2) is 0 Å². The van der Waals surface area contributed by atoms with E-state index in [1.54, 1.807) is 36.4 Å². The first-order valence-corrected chi connectivity index (χ1v) is 15.9. The molecule has 2 aliphatic rings. The lowest BCUT2D eigenvalue weighted by atomic mass is 9.97. The van der Waals surface area contributed by atoms with Crippen molar-refractivity contribution in [2.45, 2.75) is 89.4 Å². The van der Waals surface area contributed by atoms with Gasteiger partial charge in [-0.25, -0.2) is 0 Å². The van der Waals surface area contributed by atoms with Gasteiger partial charge in [-0.2, -0.15) is 0 Å². The Morgan fingerprint density at radius 3 is 1.71 bits per heavy atom. The molecule has 2 heterocycles. The van der Waals surface area contributed by atoms with Crippen LogP contribution in [0.4, 0.5) is 11.4 Å². The third-order valence-corrected chi connectivity index (χ3v) is 8.81. The lowest BCUT2D eigenvalue weighted by Crippen LogP contribution is -2.65. The molecule has 0 radical (unpaired) electrons. The molecule has 0 aromatic heterocycles. The van der Waals surface area contributed by atoms with Crippen LogP contribution in [0, 0.1) is 20.2 Å². The SMILES string of the molecule is CCCCCCCCCC(N1CCNCC1Cc1cccc([N+](=O)[O-])c1)N1CCNCC1Cc1cccc([N+](=O)[O-])c1. The van der Waals surface area contributed by atoms with Gasteiger partial charge in [-0.05, 0) is 30.4 Å². The molecule has 0 aliphatic carbocycles. The van der Waals surface area contributed by atoms with Crippen molar-refractivity contribution >= 4 is 11.4 Å². The Labute approximate surface area is 250 Å². The second kappa shape index (κ2) is 16.6. The lowest BCUT2D eigenvalue weighted by molar-refractivity contribution is -0.385. The molecule has 2 N–H and O–H groups in total. The third kappa shape index (κ3) is 9.29. The summed E-state index contributed by atoms with van der Waals surface area (Å²) in [4.78, 5) is 27.5. The Morgan fingerprint density at radius 1 is 0.762 bits per heavy atom. The van der Waals surface area contributed by atoms with E-state index in [4.69, 9.17) is 0 Å². The molecule has 0 spiro atoms. The molecule has 2 saturated heterocycles. The van der Waals surface area contributed by atoms with E-state index in [9.17, 15) is 20.2 Å². The van der Waals surface area contributed by atoms with Crippen molar-refractivity contribution in [3.63, 3.8) is 0 Å². The van der Waals surface area contributed by atoms with E-state index in [2.05, 4.69) is 27.4 Å². The first-order valence-electron chi connectivity index (χ1n) is 15.9. The van der Waals surface area contributed by atoms with Crippen molar-refractivity contribution in [3.8, 4) is 0 Å². The lowest BCUT2D eigenvalue weighted by Gasteiger charge is -2.50. The van der Waals surface area contributed by atoms with E-state index in [1.807, 2.05) is 12.1 Å². The molecule has 2 unspecified atom stereocenters. The van der Waals surface area contributed by atoms with Gasteiger partial charge in [-0.1, -0.05) is 76.1 Å². The first kappa shape index (κ1) is 32.0. The fourth-order valence-electron chi connectivity index (χ4n) is 6.66. The smallest absolute Gasteiger partial charge is 0.269 e. The quantitative estimate of drug-likeness (QED) is 0.156. The summed E-state index contributed by atoms with van der Waals surface area (Å²) in [5.41, 5.74) is 2.26. The monoisotopic (exact) mass is 580 g/mol. The molecule has 0 saturated carbocycles. The second-order valence-electron chi connectivity index (χ2n) is 11.8. The van der Waals surface area contributed by atoms with Crippen molar-refractivity contribution in [2.75, 3.05) is 39.3 Å². The highest BCUT2D eigenvalue weighted by atomic mass is 16.6. The number of rotatable bonds is 16. The maximum atomic E-state index is 11.4. The van der Waals surface area contributed by atoms with E-state index >= 15 is 0 Å². The van der Waals surface area contributed by atoms with Crippen LogP contribution >= 0.6 is 0 Å². The Hall–Kier alpha value is -2.92. The molecule has 4 rings (SSSR count). The Kier molecular flexibility index (Phi) is 12.7. The predicted molar refractivity (Wildman–Crippen MR) is 167 cm³/mol. The van der Waals surface area contributed by atoms with Crippen LogP contribution < -0.4 is 10.6 Å². The minimum Gasteiger partial charge on any atom is -0.314 e. The summed E-state index contributed by atoms with van der Waals surface area (Å²) in [7, 11) is 0. The van der Waals surface area contributed by atoms with Gasteiger partial charge in [-0.15, -0.1) is 0 Å². The fourth-order valence-corrected chi connectivity index (χ4v) is 6.66. The van der Waals surface area contributed by atoms with Crippen molar-refractivity contribution in [2.24, 2.45) is 0 Å². The van der Waals surface area contributed by atoms with Gasteiger partial charge >= 0.3 is 0 Å². The van der Waals surface area contributed by atoms with Crippen LogP contribution in [0.3, 0.4) is 0 Å². The van der Waals surface area contributed by atoms with Crippen LogP contribution in [0.15, 0.2) is 48.5 Å². The van der Waals surface area contributed by atoms with Crippen molar-refractivity contribution in [1.82, 2.24) is 20.4 Å². The summed E-state index contributed by atoms with van der Waals surface area (Å²) < 4.78 is 0. The van der Waals surface area contributed by atoms with Crippen LogP contribution in [0.2, 0.25) is 0 Å². The standard InChI is InChI=1S/C32H48N6O4/c1-2-3-4-5-6-7-8-15-32(35-18-16-33-24-30(35)22-26-11-9-13-28(20-26)37(39)40)36-19-17-34-25-31(36)23-27-12-10-14-29(21-27)38(41)42/h9-14,20-21,30-34H,2-8,15-19,22-25H2,1H3. The number of piperazine rings is 2. The predicted octanol–water partition coefficient (Wildman–Crippen LogP) is 5.30. The van der Waals surface area contributed by atoms with Crippen molar-refractivity contribution < 1.29 is 9.85 Å². The number of hydrogen-bond acceptors (Lipinski definition) is 8. The Bertz CT molecular complexity index is 1070. The van der Waals surface area contributed by atoms with Crippen LogP contribution in [0.5, 0.6) is 0 Å². The van der Waals surface area contributed by atoms with E-state index < -0.39 is 0 Å². The number of unbranched alkanes of at least 4 members (excludes halogenated alkanes) is 6. The van der Waals surface area contributed by atoms with E-state index in [0.29, 0.717) is 0 Å². The van der Waals surface area contributed by atoms with E-state index in [0.717, 1.165) is 76.1 Å². The van der Waals surface area contributed by atoms with Gasteiger partial charge in [0.05, 0.1) is 16.0 Å². The maximum Gasteiger partial charge on any atom is 0.269 e. The average molecular weight is 581 g/mol. The highest BCUT2D eigenvalue weighted by Gasteiger charge is 2.36. The molecule has 2 aromatic carbocycles. The van der Waals surface area contributed by atoms with Crippen LogP contribution in [-0.4, -0.2) is 77.2 Å². The molecular weight excluding hydrogens is 532 g/mol. The molecule has 2 aromatic rings. The van der Waals surface area contributed by atoms with Gasteiger partial charge in [0.1, 0.15) is 0 Å². The third-order valence-electron chi connectivity index (χ3n) is 8.81. The molecule has 42 heavy (non-hydrogen) atoms. The molecule has 2 atom stereocenters.